The predicted octanol–water partition coefficient (Wildman–Crippen LogP) is 2.88. The van der Waals surface area contributed by atoms with Gasteiger partial charge in [-0.25, -0.2) is 9.48 Å². The summed E-state index contributed by atoms with van der Waals surface area (Å²) in [6, 6.07) is 5.20. The van der Waals surface area contributed by atoms with Gasteiger partial charge in [0.15, 0.2) is 0 Å². The molecule has 2 rings (SSSR count). The van der Waals surface area contributed by atoms with Crippen molar-refractivity contribution in [3.63, 3.8) is 0 Å². The minimum absolute atomic E-state index is 0.275. The molecule has 0 aliphatic rings. The van der Waals surface area contributed by atoms with E-state index >= 15 is 0 Å². The van der Waals surface area contributed by atoms with E-state index < -0.39 is 5.97 Å². The number of carbonyl (C=O) groups is 1. The van der Waals surface area contributed by atoms with Gasteiger partial charge in [0, 0.05) is 0 Å². The van der Waals surface area contributed by atoms with Crippen LogP contribution < -0.4 is 0 Å². The van der Waals surface area contributed by atoms with Crippen molar-refractivity contribution in [3.05, 3.63) is 23.8 Å². The molecule has 0 saturated heterocycles. The van der Waals surface area contributed by atoms with Crippen LogP contribution in [-0.2, 0) is 0 Å². The Balaban J connectivity index is 2.50. The zero-order valence-electron chi connectivity index (χ0n) is 10.6. The first-order valence-electron chi connectivity index (χ1n) is 6.25. The highest BCUT2D eigenvalue weighted by molar-refractivity contribution is 5.92. The van der Waals surface area contributed by atoms with Crippen molar-refractivity contribution in [2.75, 3.05) is 0 Å². The first-order chi connectivity index (χ1) is 8.67. The average Bonchev–Trinajstić information content (AvgIpc) is 2.78. The third kappa shape index (κ3) is 2.20. The average molecular weight is 247 g/mol. The molecule has 1 heterocycles. The van der Waals surface area contributed by atoms with Crippen LogP contribution in [0.2, 0.25) is 0 Å². The number of rotatable bonds is 5. The highest BCUT2D eigenvalue weighted by Crippen LogP contribution is 2.22. The number of hydrogen-bond acceptors (Lipinski definition) is 3. The first kappa shape index (κ1) is 12.5. The maximum atomic E-state index is 11.0. The van der Waals surface area contributed by atoms with E-state index in [0.717, 1.165) is 30.3 Å². The van der Waals surface area contributed by atoms with Crippen LogP contribution in [0.5, 0.6) is 0 Å². The summed E-state index contributed by atoms with van der Waals surface area (Å²) in [5.41, 5.74) is 1.82. The monoisotopic (exact) mass is 247 g/mol. The van der Waals surface area contributed by atoms with Crippen LogP contribution in [0, 0.1) is 0 Å². The third-order valence-corrected chi connectivity index (χ3v) is 3.16. The molecule has 1 unspecified atom stereocenters. The summed E-state index contributed by atoms with van der Waals surface area (Å²) in [5, 5.41) is 17.3. The van der Waals surface area contributed by atoms with Crippen molar-refractivity contribution in [1.82, 2.24) is 15.0 Å². The Hall–Kier alpha value is -1.91. The highest BCUT2D eigenvalue weighted by Gasteiger charge is 2.14. The lowest BCUT2D eigenvalue weighted by Crippen LogP contribution is -2.10. The van der Waals surface area contributed by atoms with E-state index in [0.29, 0.717) is 0 Å². The molecule has 0 spiro atoms. The lowest BCUT2D eigenvalue weighted by Gasteiger charge is -2.14. The molecule has 0 radical (unpaired) electrons. The van der Waals surface area contributed by atoms with Gasteiger partial charge in [-0.15, -0.1) is 5.10 Å². The van der Waals surface area contributed by atoms with E-state index in [2.05, 4.69) is 24.2 Å². The van der Waals surface area contributed by atoms with E-state index in [-0.39, 0.29) is 11.6 Å². The Labute approximate surface area is 105 Å². The van der Waals surface area contributed by atoms with Crippen molar-refractivity contribution in [2.45, 2.75) is 39.2 Å². The molecule has 0 aliphatic heterocycles. The molecule has 1 aromatic heterocycles. The van der Waals surface area contributed by atoms with Crippen molar-refractivity contribution in [3.8, 4) is 0 Å². The summed E-state index contributed by atoms with van der Waals surface area (Å²) in [6.07, 6.45) is 3.05. The fraction of sp³-hybridized carbons (Fsp3) is 0.462. The zero-order valence-corrected chi connectivity index (χ0v) is 10.6. The minimum atomic E-state index is -0.923. The number of hydrogen-bond donors (Lipinski definition) is 1. The summed E-state index contributed by atoms with van der Waals surface area (Å²) >= 11 is 0. The maximum absolute atomic E-state index is 11.0. The van der Waals surface area contributed by atoms with Gasteiger partial charge >= 0.3 is 5.97 Å². The molecule has 5 heteroatoms. The molecule has 1 aromatic carbocycles. The molecule has 0 bridgehead atoms. The number of aromatic carboxylic acids is 1. The van der Waals surface area contributed by atoms with E-state index in [1.165, 1.54) is 0 Å². The van der Waals surface area contributed by atoms with Crippen LogP contribution in [0.25, 0.3) is 11.0 Å². The van der Waals surface area contributed by atoms with Crippen LogP contribution in [0.3, 0.4) is 0 Å². The molecule has 1 atom stereocenters. The SMILES string of the molecule is CCCC(CC)n1nnc2ccc(C(=O)O)cc21. The van der Waals surface area contributed by atoms with Gasteiger partial charge in [0.25, 0.3) is 0 Å². The van der Waals surface area contributed by atoms with Crippen LogP contribution >= 0.6 is 0 Å². The Morgan fingerprint density at radius 2 is 2.22 bits per heavy atom. The molecule has 0 aliphatic carbocycles. The molecule has 0 fully saturated rings. The second-order valence-corrected chi connectivity index (χ2v) is 4.39. The third-order valence-electron chi connectivity index (χ3n) is 3.16. The lowest BCUT2D eigenvalue weighted by molar-refractivity contribution is 0.0697. The van der Waals surface area contributed by atoms with Crippen LogP contribution in [0.1, 0.15) is 49.5 Å². The number of nitrogens with zero attached hydrogens (tertiary/aromatic N) is 3. The molecule has 96 valence electrons. The molecule has 0 saturated carbocycles. The first-order valence-corrected chi connectivity index (χ1v) is 6.25. The molecular formula is C13H17N3O2. The molecule has 18 heavy (non-hydrogen) atoms. The number of carboxylic acid groups (broad SMARTS) is 1. The minimum Gasteiger partial charge on any atom is -0.478 e. The van der Waals surface area contributed by atoms with Crippen LogP contribution in [-0.4, -0.2) is 26.1 Å². The van der Waals surface area contributed by atoms with Gasteiger partial charge < -0.3 is 5.11 Å². The van der Waals surface area contributed by atoms with Gasteiger partial charge in [-0.2, -0.15) is 0 Å². The predicted molar refractivity (Wildman–Crippen MR) is 68.7 cm³/mol. The quantitative estimate of drug-likeness (QED) is 0.882. The molecule has 1 N–H and O–H groups in total. The number of aromatic nitrogens is 3. The van der Waals surface area contributed by atoms with Gasteiger partial charge in [0.05, 0.1) is 17.1 Å². The van der Waals surface area contributed by atoms with Gasteiger partial charge in [0.2, 0.25) is 0 Å². The van der Waals surface area contributed by atoms with Gasteiger partial charge in [-0.3, -0.25) is 0 Å². The standard InChI is InChI=1S/C13H17N3O2/c1-3-5-10(4-2)16-12-8-9(13(17)18)6-7-11(12)14-15-16/h6-8,10H,3-5H2,1-2H3,(H,17,18). The second-order valence-electron chi connectivity index (χ2n) is 4.39. The van der Waals surface area contributed by atoms with Crippen LogP contribution in [0.4, 0.5) is 0 Å². The fourth-order valence-electron chi connectivity index (χ4n) is 2.17. The second kappa shape index (κ2) is 5.16. The Kier molecular flexibility index (Phi) is 3.60. The van der Waals surface area contributed by atoms with Crippen molar-refractivity contribution in [1.29, 1.82) is 0 Å². The van der Waals surface area contributed by atoms with E-state index in [9.17, 15) is 4.79 Å². The van der Waals surface area contributed by atoms with E-state index in [1.54, 1.807) is 18.2 Å². The Morgan fingerprint density at radius 1 is 1.44 bits per heavy atom. The lowest BCUT2D eigenvalue weighted by atomic mass is 10.1. The molecule has 0 amide bonds. The zero-order chi connectivity index (χ0) is 13.1. The van der Waals surface area contributed by atoms with Crippen molar-refractivity contribution >= 4 is 17.0 Å². The summed E-state index contributed by atoms with van der Waals surface area (Å²) in [7, 11) is 0. The summed E-state index contributed by atoms with van der Waals surface area (Å²) in [4.78, 5) is 11.0. The number of benzene rings is 1. The number of carboxylic acids is 1. The van der Waals surface area contributed by atoms with E-state index in [4.69, 9.17) is 5.11 Å². The number of fused-ring (bicyclic) bond motifs is 1. The summed E-state index contributed by atoms with van der Waals surface area (Å²) in [6.45, 7) is 4.24. The summed E-state index contributed by atoms with van der Waals surface area (Å²) in [5.74, 6) is -0.923. The highest BCUT2D eigenvalue weighted by atomic mass is 16.4. The van der Waals surface area contributed by atoms with Crippen molar-refractivity contribution < 1.29 is 9.90 Å². The molecule has 2 aromatic rings. The normalized spacial score (nSPS) is 12.8. The largest absolute Gasteiger partial charge is 0.478 e. The topological polar surface area (TPSA) is 68.0 Å². The van der Waals surface area contributed by atoms with Gasteiger partial charge in [0.1, 0.15) is 5.52 Å². The smallest absolute Gasteiger partial charge is 0.335 e. The van der Waals surface area contributed by atoms with Gasteiger partial charge in [-0.05, 0) is 31.0 Å². The van der Waals surface area contributed by atoms with Crippen LogP contribution in [0.15, 0.2) is 18.2 Å². The van der Waals surface area contributed by atoms with E-state index in [1.807, 2.05) is 4.68 Å². The molecule has 5 nitrogen and oxygen atoms in total. The maximum Gasteiger partial charge on any atom is 0.335 e. The molecular weight excluding hydrogens is 230 g/mol. The van der Waals surface area contributed by atoms with Crippen molar-refractivity contribution in [2.24, 2.45) is 0 Å². The summed E-state index contributed by atoms with van der Waals surface area (Å²) < 4.78 is 1.85. The van der Waals surface area contributed by atoms with Gasteiger partial charge in [-0.1, -0.05) is 25.5 Å². The fourth-order valence-corrected chi connectivity index (χ4v) is 2.17. The Bertz CT molecular complexity index is 562. The Morgan fingerprint density at radius 3 is 2.83 bits per heavy atom.